The van der Waals surface area contributed by atoms with Gasteiger partial charge in [0.25, 0.3) is 0 Å². The number of benzene rings is 1. The van der Waals surface area contributed by atoms with Crippen LogP contribution in [0.4, 0.5) is 5.69 Å². The van der Waals surface area contributed by atoms with Crippen molar-refractivity contribution in [2.75, 3.05) is 11.9 Å². The Balaban J connectivity index is 1.57. The van der Waals surface area contributed by atoms with Crippen LogP contribution < -0.4 is 5.32 Å². The average Bonchev–Trinajstić information content (AvgIpc) is 3.01. The normalized spacial score (nSPS) is 16.4. The lowest BCUT2D eigenvalue weighted by atomic mass is 9.89. The monoisotopic (exact) mass is 257 g/mol. The maximum Gasteiger partial charge on any atom is 0.247 e. The molecule has 3 rings (SSSR count). The van der Waals surface area contributed by atoms with Crippen molar-refractivity contribution < 1.29 is 4.42 Å². The van der Waals surface area contributed by atoms with E-state index in [0.717, 1.165) is 23.7 Å². The van der Waals surface area contributed by atoms with Crippen molar-refractivity contribution in [1.29, 1.82) is 0 Å². The Morgan fingerprint density at radius 3 is 2.58 bits per heavy atom. The predicted octanol–water partition coefficient (Wildman–Crippen LogP) is 3.73. The zero-order valence-corrected chi connectivity index (χ0v) is 11.0. The number of aromatic nitrogens is 2. The second-order valence-electron chi connectivity index (χ2n) is 5.21. The number of nitrogens with one attached hydrogen (secondary N) is 1. The summed E-state index contributed by atoms with van der Waals surface area (Å²) in [6.07, 6.45) is 8.28. The van der Waals surface area contributed by atoms with Crippen LogP contribution in [0.2, 0.25) is 0 Å². The van der Waals surface area contributed by atoms with Crippen molar-refractivity contribution in [3.63, 3.8) is 0 Å². The van der Waals surface area contributed by atoms with Gasteiger partial charge in [-0.05, 0) is 43.0 Å². The largest absolute Gasteiger partial charge is 0.423 e. The minimum absolute atomic E-state index is 0.568. The lowest BCUT2D eigenvalue weighted by molar-refractivity contribution is 0.373. The molecule has 1 aromatic heterocycles. The van der Waals surface area contributed by atoms with Crippen LogP contribution in [0, 0.1) is 5.92 Å². The second kappa shape index (κ2) is 5.87. The van der Waals surface area contributed by atoms with Gasteiger partial charge in [0.15, 0.2) is 0 Å². The molecule has 0 saturated heterocycles. The van der Waals surface area contributed by atoms with E-state index in [1.54, 1.807) is 0 Å². The zero-order valence-electron chi connectivity index (χ0n) is 11.0. The van der Waals surface area contributed by atoms with Crippen LogP contribution in [0.5, 0.6) is 0 Å². The zero-order chi connectivity index (χ0) is 12.9. The fourth-order valence-electron chi connectivity index (χ4n) is 2.68. The third kappa shape index (κ3) is 3.13. The van der Waals surface area contributed by atoms with Gasteiger partial charge in [0.2, 0.25) is 12.3 Å². The maximum atomic E-state index is 5.17. The Labute approximate surface area is 113 Å². The first-order valence-corrected chi connectivity index (χ1v) is 7.02. The summed E-state index contributed by atoms with van der Waals surface area (Å²) in [5, 5.41) is 11.1. The van der Waals surface area contributed by atoms with E-state index in [2.05, 4.69) is 27.6 Å². The molecule has 1 saturated carbocycles. The van der Waals surface area contributed by atoms with E-state index in [1.165, 1.54) is 38.5 Å². The molecule has 0 atom stereocenters. The Hall–Kier alpha value is -1.84. The number of hydrogen-bond donors (Lipinski definition) is 1. The summed E-state index contributed by atoms with van der Waals surface area (Å²) >= 11 is 0. The molecule has 1 N–H and O–H groups in total. The highest BCUT2D eigenvalue weighted by molar-refractivity contribution is 5.58. The molecule has 2 aromatic rings. The van der Waals surface area contributed by atoms with Gasteiger partial charge in [0.05, 0.1) is 0 Å². The molecule has 4 nitrogen and oxygen atoms in total. The summed E-state index contributed by atoms with van der Waals surface area (Å²) in [6.45, 7) is 1.08. The summed E-state index contributed by atoms with van der Waals surface area (Å²) in [7, 11) is 0. The summed E-state index contributed by atoms with van der Waals surface area (Å²) in [6, 6.07) is 8.16. The van der Waals surface area contributed by atoms with Gasteiger partial charge in [-0.25, -0.2) is 0 Å². The molecule has 0 amide bonds. The molecule has 1 aromatic carbocycles. The van der Waals surface area contributed by atoms with Crippen LogP contribution >= 0.6 is 0 Å². The van der Waals surface area contributed by atoms with Gasteiger partial charge in [-0.15, -0.1) is 10.2 Å². The molecule has 1 heterocycles. The second-order valence-corrected chi connectivity index (χ2v) is 5.21. The van der Waals surface area contributed by atoms with Crippen LogP contribution in [-0.4, -0.2) is 16.7 Å². The molecule has 100 valence electrons. The molecule has 0 radical (unpaired) electrons. The van der Waals surface area contributed by atoms with Crippen LogP contribution in [0.15, 0.2) is 35.1 Å². The van der Waals surface area contributed by atoms with E-state index < -0.39 is 0 Å². The molecule has 0 unspecified atom stereocenters. The van der Waals surface area contributed by atoms with Crippen molar-refractivity contribution in [2.45, 2.75) is 32.1 Å². The van der Waals surface area contributed by atoms with Crippen LogP contribution in [0.3, 0.4) is 0 Å². The van der Waals surface area contributed by atoms with Crippen molar-refractivity contribution in [2.24, 2.45) is 5.92 Å². The third-order valence-corrected chi connectivity index (χ3v) is 3.81. The van der Waals surface area contributed by atoms with Crippen LogP contribution in [-0.2, 0) is 0 Å². The predicted molar refractivity (Wildman–Crippen MR) is 74.8 cm³/mol. The fourth-order valence-corrected chi connectivity index (χ4v) is 2.68. The SMILES string of the molecule is c1nnc(-c2ccc(NCC3CCCCC3)cc2)o1. The van der Waals surface area contributed by atoms with Crippen molar-refractivity contribution in [3.8, 4) is 11.5 Å². The van der Waals surface area contributed by atoms with Crippen molar-refractivity contribution >= 4 is 5.69 Å². The summed E-state index contributed by atoms with van der Waals surface area (Å²) < 4.78 is 5.17. The van der Waals surface area contributed by atoms with E-state index in [9.17, 15) is 0 Å². The maximum absolute atomic E-state index is 5.17. The van der Waals surface area contributed by atoms with E-state index in [-0.39, 0.29) is 0 Å². The van der Waals surface area contributed by atoms with E-state index in [0.29, 0.717) is 5.89 Å². The fraction of sp³-hybridized carbons (Fsp3) is 0.467. The Morgan fingerprint density at radius 2 is 1.89 bits per heavy atom. The molecular formula is C15H19N3O. The van der Waals surface area contributed by atoms with E-state index in [4.69, 9.17) is 4.42 Å². The van der Waals surface area contributed by atoms with Gasteiger partial charge in [0, 0.05) is 17.8 Å². The molecule has 1 aliphatic rings. The average molecular weight is 257 g/mol. The van der Waals surface area contributed by atoms with Crippen molar-refractivity contribution in [3.05, 3.63) is 30.7 Å². The molecule has 1 aliphatic carbocycles. The van der Waals surface area contributed by atoms with Gasteiger partial charge in [-0.3, -0.25) is 0 Å². The minimum Gasteiger partial charge on any atom is -0.423 e. The molecule has 0 aliphatic heterocycles. The van der Waals surface area contributed by atoms with E-state index in [1.807, 2.05) is 12.1 Å². The summed E-state index contributed by atoms with van der Waals surface area (Å²) in [5.74, 6) is 1.41. The standard InChI is InChI=1S/C15H19N3O/c1-2-4-12(5-3-1)10-16-14-8-6-13(7-9-14)15-18-17-11-19-15/h6-9,11-12,16H,1-5,10H2. The first-order chi connectivity index (χ1) is 9.42. The molecule has 0 bridgehead atoms. The number of rotatable bonds is 4. The highest BCUT2D eigenvalue weighted by Gasteiger charge is 2.12. The Bertz CT molecular complexity index is 487. The smallest absolute Gasteiger partial charge is 0.247 e. The van der Waals surface area contributed by atoms with E-state index >= 15 is 0 Å². The Kier molecular flexibility index (Phi) is 3.77. The number of anilines is 1. The molecule has 4 heteroatoms. The van der Waals surface area contributed by atoms with Gasteiger partial charge in [0.1, 0.15) is 0 Å². The van der Waals surface area contributed by atoms with Gasteiger partial charge >= 0.3 is 0 Å². The number of nitrogens with zero attached hydrogens (tertiary/aromatic N) is 2. The lowest BCUT2D eigenvalue weighted by Crippen LogP contribution is -2.16. The molecule has 1 fully saturated rings. The van der Waals surface area contributed by atoms with Crippen molar-refractivity contribution in [1.82, 2.24) is 10.2 Å². The van der Waals surface area contributed by atoms with Gasteiger partial charge in [-0.2, -0.15) is 0 Å². The van der Waals surface area contributed by atoms with Gasteiger partial charge in [-0.1, -0.05) is 19.3 Å². The van der Waals surface area contributed by atoms with Crippen LogP contribution in [0.25, 0.3) is 11.5 Å². The van der Waals surface area contributed by atoms with Crippen LogP contribution in [0.1, 0.15) is 32.1 Å². The number of hydrogen-bond acceptors (Lipinski definition) is 4. The highest BCUT2D eigenvalue weighted by atomic mass is 16.4. The highest BCUT2D eigenvalue weighted by Crippen LogP contribution is 2.24. The summed E-state index contributed by atoms with van der Waals surface area (Å²) in [4.78, 5) is 0. The molecular weight excluding hydrogens is 238 g/mol. The van der Waals surface area contributed by atoms with Gasteiger partial charge < -0.3 is 9.73 Å². The topological polar surface area (TPSA) is 51.0 Å². The first kappa shape index (κ1) is 12.2. The Morgan fingerprint density at radius 1 is 1.11 bits per heavy atom. The quantitative estimate of drug-likeness (QED) is 0.906. The third-order valence-electron chi connectivity index (χ3n) is 3.81. The lowest BCUT2D eigenvalue weighted by Gasteiger charge is -2.22. The summed E-state index contributed by atoms with van der Waals surface area (Å²) in [5.41, 5.74) is 2.12. The minimum atomic E-state index is 0.568. The molecule has 0 spiro atoms. The molecule has 19 heavy (non-hydrogen) atoms. The first-order valence-electron chi connectivity index (χ1n) is 7.02.